The molecule has 0 amide bonds. The first-order chi connectivity index (χ1) is 42.2. The van der Waals surface area contributed by atoms with Gasteiger partial charge >= 0.3 is 0 Å². The van der Waals surface area contributed by atoms with E-state index in [0.29, 0.717) is 277 Å². The molecule has 0 aromatic carbocycles. The maximum absolute atomic E-state index is 6.22. The van der Waals surface area contributed by atoms with Crippen LogP contribution in [-0.2, 0) is 71.1 Å². The molecule has 0 aliphatic carbocycles. The molecule has 0 rings (SSSR count). The van der Waals surface area contributed by atoms with Gasteiger partial charge in [0.15, 0.2) is 0 Å². The molecule has 0 saturated heterocycles. The van der Waals surface area contributed by atoms with E-state index in [0.717, 1.165) is 38.5 Å². The summed E-state index contributed by atoms with van der Waals surface area (Å²) < 4.78 is 87.6. The third-order valence-corrected chi connectivity index (χ3v) is 15.0. The summed E-state index contributed by atoms with van der Waals surface area (Å²) in [5.74, 6) is 0. The van der Waals surface area contributed by atoms with Crippen molar-refractivity contribution < 1.29 is 71.1 Å². The standard InChI is InChI=1S/3C20H46N4O5/c3*1-3-19(13-25-9-5-21,14-26-10-6-22)17-29-18-20(4-2,15-27-11-7-23)16-28-12-8-24/h3*3-18,21-24H2,1-2H3. The van der Waals surface area contributed by atoms with E-state index < -0.39 is 0 Å². The first-order valence-corrected chi connectivity index (χ1v) is 32.3. The van der Waals surface area contributed by atoms with E-state index in [2.05, 4.69) is 41.5 Å². The van der Waals surface area contributed by atoms with Crippen LogP contribution < -0.4 is 68.8 Å². The molecule has 0 saturated carbocycles. The zero-order chi connectivity index (χ0) is 65.5. The predicted octanol–water partition coefficient (Wildman–Crippen LogP) is -0.909. The first-order valence-electron chi connectivity index (χ1n) is 32.3. The van der Waals surface area contributed by atoms with Crippen LogP contribution in [0.1, 0.15) is 80.1 Å². The highest BCUT2D eigenvalue weighted by atomic mass is 16.5. The molecule has 27 heteroatoms. The van der Waals surface area contributed by atoms with Crippen LogP contribution in [0.2, 0.25) is 0 Å². The summed E-state index contributed by atoms with van der Waals surface area (Å²) in [6.07, 6.45) is 5.13. The summed E-state index contributed by atoms with van der Waals surface area (Å²) in [4.78, 5) is 0. The van der Waals surface area contributed by atoms with Crippen molar-refractivity contribution in [1.82, 2.24) is 0 Å². The largest absolute Gasteiger partial charge is 0.380 e. The van der Waals surface area contributed by atoms with Gasteiger partial charge in [0, 0.05) is 111 Å². The average molecular weight is 1270 g/mol. The lowest BCUT2D eigenvalue weighted by Gasteiger charge is -2.36. The highest BCUT2D eigenvalue weighted by Crippen LogP contribution is 2.32. The normalized spacial score (nSPS) is 12.6. The molecule has 0 fully saturated rings. The van der Waals surface area contributed by atoms with Crippen molar-refractivity contribution in [3.8, 4) is 0 Å². The second kappa shape index (κ2) is 62.4. The average Bonchev–Trinajstić information content (AvgIpc) is 3.69. The van der Waals surface area contributed by atoms with E-state index in [1.54, 1.807) is 0 Å². The molecule has 528 valence electrons. The quantitative estimate of drug-likeness (QED) is 0.0328. The van der Waals surface area contributed by atoms with Crippen molar-refractivity contribution in [3.05, 3.63) is 0 Å². The number of nitrogens with two attached hydrogens (primary N) is 12. The van der Waals surface area contributed by atoms with Crippen molar-refractivity contribution >= 4 is 0 Å². The van der Waals surface area contributed by atoms with Gasteiger partial charge in [0.25, 0.3) is 0 Å². The van der Waals surface area contributed by atoms with Crippen molar-refractivity contribution in [2.24, 2.45) is 101 Å². The van der Waals surface area contributed by atoms with Crippen molar-refractivity contribution in [2.45, 2.75) is 80.1 Å². The third-order valence-electron chi connectivity index (χ3n) is 15.0. The Morgan fingerprint density at radius 3 is 0.299 bits per heavy atom. The zero-order valence-corrected chi connectivity index (χ0v) is 56.0. The second-order valence-electron chi connectivity index (χ2n) is 22.7. The Balaban J connectivity index is -0.00000122. The minimum absolute atomic E-state index is 0.250. The Bertz CT molecular complexity index is 1090. The lowest BCUT2D eigenvalue weighted by molar-refractivity contribution is -0.109. The number of ether oxygens (including phenoxy) is 15. The van der Waals surface area contributed by atoms with E-state index in [1.165, 1.54) is 0 Å². The van der Waals surface area contributed by atoms with Crippen LogP contribution in [0.4, 0.5) is 0 Å². The topological polar surface area (TPSA) is 451 Å². The lowest BCUT2D eigenvalue weighted by atomic mass is 9.86. The van der Waals surface area contributed by atoms with Crippen LogP contribution in [-0.4, -0.2) is 277 Å². The van der Waals surface area contributed by atoms with E-state index in [1.807, 2.05) is 0 Å². The number of hydrogen-bond donors (Lipinski definition) is 12. The third kappa shape index (κ3) is 45.8. The molecule has 0 radical (unpaired) electrons. The molecule has 0 heterocycles. The molecule has 0 aliphatic rings. The van der Waals surface area contributed by atoms with E-state index >= 15 is 0 Å². The van der Waals surface area contributed by atoms with Gasteiger partial charge in [-0.05, 0) is 38.5 Å². The van der Waals surface area contributed by atoms with E-state index in [9.17, 15) is 0 Å². The maximum Gasteiger partial charge on any atom is 0.0589 e. The minimum atomic E-state index is -0.250. The summed E-state index contributed by atoms with van der Waals surface area (Å²) in [5.41, 5.74) is 65.3. The fourth-order valence-corrected chi connectivity index (χ4v) is 8.50. The molecule has 0 aliphatic heterocycles. The van der Waals surface area contributed by atoms with Gasteiger partial charge in [0.05, 0.1) is 198 Å². The molecule has 0 spiro atoms. The molecule has 0 atom stereocenters. The van der Waals surface area contributed by atoms with Crippen LogP contribution in [0.15, 0.2) is 0 Å². The molecule has 0 bridgehead atoms. The smallest absolute Gasteiger partial charge is 0.0589 e. The fourth-order valence-electron chi connectivity index (χ4n) is 8.50. The summed E-state index contributed by atoms with van der Waals surface area (Å²) in [5, 5.41) is 0. The molecule has 24 N–H and O–H groups in total. The van der Waals surface area contributed by atoms with Gasteiger partial charge in [-0.15, -0.1) is 0 Å². The van der Waals surface area contributed by atoms with Crippen molar-refractivity contribution in [2.75, 3.05) is 277 Å². The lowest BCUT2D eigenvalue weighted by Crippen LogP contribution is -2.42. The monoisotopic (exact) mass is 1270 g/mol. The Hall–Kier alpha value is -1.08. The summed E-state index contributed by atoms with van der Waals surface area (Å²) in [6.45, 7) is 34.0. The van der Waals surface area contributed by atoms with Gasteiger partial charge in [-0.25, -0.2) is 0 Å². The van der Waals surface area contributed by atoms with Crippen molar-refractivity contribution in [3.63, 3.8) is 0 Å². The van der Waals surface area contributed by atoms with Gasteiger partial charge in [-0.2, -0.15) is 0 Å². The molecule has 87 heavy (non-hydrogen) atoms. The molecule has 0 aromatic rings. The number of hydrogen-bond acceptors (Lipinski definition) is 27. The Morgan fingerprint density at radius 1 is 0.149 bits per heavy atom. The predicted molar refractivity (Wildman–Crippen MR) is 347 cm³/mol. The molecular weight excluding hydrogens is 1130 g/mol. The second-order valence-corrected chi connectivity index (χ2v) is 22.7. The SMILES string of the molecule is CCC(COCCN)(COCCN)COCC(CC)(COCCN)COCCN.CCC(COCCN)(COCCN)COCC(CC)(COCCN)COCCN.CCC(COCCN)(COCCN)COCC(CC)(COCCN)COCCN. The van der Waals surface area contributed by atoms with Crippen molar-refractivity contribution in [1.29, 1.82) is 0 Å². The summed E-state index contributed by atoms with van der Waals surface area (Å²) >= 11 is 0. The Kier molecular flexibility index (Phi) is 64.6. The van der Waals surface area contributed by atoms with Crippen LogP contribution >= 0.6 is 0 Å². The Morgan fingerprint density at radius 2 is 0.230 bits per heavy atom. The molecule has 0 aromatic heterocycles. The fraction of sp³-hybridized carbons (Fsp3) is 1.00. The van der Waals surface area contributed by atoms with E-state index in [-0.39, 0.29) is 32.5 Å². The zero-order valence-electron chi connectivity index (χ0n) is 56.0. The van der Waals surface area contributed by atoms with E-state index in [4.69, 9.17) is 140 Å². The highest BCUT2D eigenvalue weighted by molar-refractivity contribution is 4.85. The van der Waals surface area contributed by atoms with Gasteiger partial charge < -0.3 is 140 Å². The summed E-state index contributed by atoms with van der Waals surface area (Å²) in [6, 6.07) is 0. The molecule has 0 unspecified atom stereocenters. The van der Waals surface area contributed by atoms with Gasteiger partial charge in [0.2, 0.25) is 0 Å². The van der Waals surface area contributed by atoms with Crippen LogP contribution in [0.3, 0.4) is 0 Å². The van der Waals surface area contributed by atoms with Gasteiger partial charge in [0.1, 0.15) is 0 Å². The molecular formula is C60H138N12O15. The van der Waals surface area contributed by atoms with Crippen LogP contribution in [0.5, 0.6) is 0 Å². The maximum atomic E-state index is 6.22. The first kappa shape index (κ1) is 90.1. The van der Waals surface area contributed by atoms with Crippen LogP contribution in [0, 0.1) is 32.5 Å². The van der Waals surface area contributed by atoms with Gasteiger partial charge in [-0.1, -0.05) is 41.5 Å². The number of rotatable bonds is 66. The minimum Gasteiger partial charge on any atom is -0.380 e. The Labute approximate surface area is 527 Å². The van der Waals surface area contributed by atoms with Crippen LogP contribution in [0.25, 0.3) is 0 Å². The van der Waals surface area contributed by atoms with Gasteiger partial charge in [-0.3, -0.25) is 0 Å². The highest BCUT2D eigenvalue weighted by Gasteiger charge is 2.37. The molecule has 27 nitrogen and oxygen atoms in total. The summed E-state index contributed by atoms with van der Waals surface area (Å²) in [7, 11) is 0.